The highest BCUT2D eigenvalue weighted by Crippen LogP contribution is 2.28. The van der Waals surface area contributed by atoms with Crippen LogP contribution in [0.5, 0.6) is 11.5 Å². The molecule has 0 bridgehead atoms. The Morgan fingerprint density at radius 1 is 1.09 bits per heavy atom. The van der Waals surface area contributed by atoms with Crippen LogP contribution >= 0.6 is 0 Å². The molecule has 0 radical (unpaired) electrons. The molecule has 0 amide bonds. The SMILES string of the molecule is COc1ccccc1N1CCN(CC(O)COc2ccc(C(=CN(C)C)C(C)=O)cc2)CC1. The maximum atomic E-state index is 11.9. The van der Waals surface area contributed by atoms with E-state index in [-0.39, 0.29) is 12.4 Å². The van der Waals surface area contributed by atoms with Gasteiger partial charge in [0.15, 0.2) is 5.78 Å². The van der Waals surface area contributed by atoms with Crippen LogP contribution in [0.1, 0.15) is 12.5 Å². The minimum atomic E-state index is -0.580. The highest BCUT2D eigenvalue weighted by Gasteiger charge is 2.21. The summed E-state index contributed by atoms with van der Waals surface area (Å²) in [7, 11) is 5.47. The van der Waals surface area contributed by atoms with E-state index < -0.39 is 6.10 Å². The molecular formula is C26H35N3O4. The summed E-state index contributed by atoms with van der Waals surface area (Å²) in [4.78, 5) is 18.4. The number of ketones is 1. The number of ether oxygens (including phenoxy) is 2. The predicted octanol–water partition coefficient (Wildman–Crippen LogP) is 2.75. The van der Waals surface area contributed by atoms with Crippen molar-refractivity contribution in [2.45, 2.75) is 13.0 Å². The van der Waals surface area contributed by atoms with Crippen LogP contribution in [0, 0.1) is 0 Å². The molecule has 0 spiro atoms. The van der Waals surface area contributed by atoms with Crippen LogP contribution in [-0.4, -0.2) is 87.3 Å². The number of benzene rings is 2. The summed E-state index contributed by atoms with van der Waals surface area (Å²) < 4.78 is 11.3. The van der Waals surface area contributed by atoms with Gasteiger partial charge < -0.3 is 24.4 Å². The first-order valence-corrected chi connectivity index (χ1v) is 11.3. The monoisotopic (exact) mass is 453 g/mol. The van der Waals surface area contributed by atoms with Gasteiger partial charge in [-0.3, -0.25) is 9.69 Å². The molecule has 2 aromatic rings. The fraction of sp³-hybridized carbons (Fsp3) is 0.423. The van der Waals surface area contributed by atoms with Gasteiger partial charge in [-0.2, -0.15) is 0 Å². The van der Waals surface area contributed by atoms with E-state index in [1.165, 1.54) is 0 Å². The van der Waals surface area contributed by atoms with Crippen molar-refractivity contribution in [2.24, 2.45) is 0 Å². The van der Waals surface area contributed by atoms with E-state index >= 15 is 0 Å². The average Bonchev–Trinajstić information content (AvgIpc) is 2.82. The van der Waals surface area contributed by atoms with Crippen molar-refractivity contribution in [2.75, 3.05) is 65.4 Å². The molecule has 33 heavy (non-hydrogen) atoms. The van der Waals surface area contributed by atoms with E-state index in [4.69, 9.17) is 9.47 Å². The van der Waals surface area contributed by atoms with Crippen LogP contribution in [0.3, 0.4) is 0 Å². The summed E-state index contributed by atoms with van der Waals surface area (Å²) in [5.41, 5.74) is 2.61. The van der Waals surface area contributed by atoms with Gasteiger partial charge in [0.05, 0.1) is 12.8 Å². The molecule has 1 fully saturated rings. The molecule has 0 aliphatic carbocycles. The number of nitrogens with zero attached hydrogens (tertiary/aromatic N) is 3. The molecule has 1 unspecified atom stereocenters. The van der Waals surface area contributed by atoms with Gasteiger partial charge in [0.2, 0.25) is 0 Å². The standard InChI is InChI=1S/C26H35N3O4/c1-20(30)24(18-27(2)3)21-9-11-23(12-10-21)33-19-22(31)17-28-13-15-29(16-14-28)25-7-5-6-8-26(25)32-4/h5-12,18,22,31H,13-17,19H2,1-4H3. The Labute approximate surface area is 196 Å². The number of methoxy groups -OCH3 is 1. The molecule has 0 aromatic heterocycles. The number of piperazine rings is 1. The largest absolute Gasteiger partial charge is 0.495 e. The van der Waals surface area contributed by atoms with Crippen LogP contribution in [-0.2, 0) is 4.79 Å². The van der Waals surface area contributed by atoms with Gasteiger partial charge in [-0.1, -0.05) is 24.3 Å². The van der Waals surface area contributed by atoms with Crippen LogP contribution in [0.15, 0.2) is 54.7 Å². The van der Waals surface area contributed by atoms with Crippen molar-refractivity contribution in [3.63, 3.8) is 0 Å². The number of Topliss-reactive ketones (excluding diaryl/α,β-unsaturated/α-hetero) is 1. The molecule has 0 saturated carbocycles. The number of carbonyl (C=O) groups is 1. The zero-order valence-electron chi connectivity index (χ0n) is 20.0. The number of carbonyl (C=O) groups excluding carboxylic acids is 1. The summed E-state index contributed by atoms with van der Waals surface area (Å²) in [5, 5.41) is 10.5. The number of anilines is 1. The summed E-state index contributed by atoms with van der Waals surface area (Å²) >= 11 is 0. The molecule has 2 aromatic carbocycles. The molecular weight excluding hydrogens is 418 g/mol. The Morgan fingerprint density at radius 3 is 2.36 bits per heavy atom. The Kier molecular flexibility index (Phi) is 8.74. The van der Waals surface area contributed by atoms with E-state index in [2.05, 4.69) is 15.9 Å². The lowest BCUT2D eigenvalue weighted by Crippen LogP contribution is -2.49. The van der Waals surface area contributed by atoms with Gasteiger partial charge in [-0.25, -0.2) is 0 Å². The number of aliphatic hydroxyl groups excluding tert-OH is 1. The van der Waals surface area contributed by atoms with Gasteiger partial charge in [0, 0.05) is 58.6 Å². The van der Waals surface area contributed by atoms with Crippen molar-refractivity contribution >= 4 is 17.0 Å². The zero-order valence-corrected chi connectivity index (χ0v) is 20.0. The predicted molar refractivity (Wildman–Crippen MR) is 132 cm³/mol. The third-order valence-corrected chi connectivity index (χ3v) is 5.64. The van der Waals surface area contributed by atoms with Crippen molar-refractivity contribution < 1.29 is 19.4 Å². The zero-order chi connectivity index (χ0) is 23.8. The Morgan fingerprint density at radius 2 is 1.76 bits per heavy atom. The second-order valence-corrected chi connectivity index (χ2v) is 8.51. The van der Waals surface area contributed by atoms with Crippen LogP contribution in [0.4, 0.5) is 5.69 Å². The summed E-state index contributed by atoms with van der Waals surface area (Å²) in [6.07, 6.45) is 1.24. The van der Waals surface area contributed by atoms with Crippen molar-refractivity contribution in [1.82, 2.24) is 9.80 Å². The number of para-hydroxylation sites is 2. The second-order valence-electron chi connectivity index (χ2n) is 8.51. The van der Waals surface area contributed by atoms with E-state index in [0.29, 0.717) is 17.9 Å². The van der Waals surface area contributed by atoms with E-state index in [0.717, 1.165) is 43.2 Å². The van der Waals surface area contributed by atoms with E-state index in [1.807, 2.05) is 67.7 Å². The van der Waals surface area contributed by atoms with Crippen LogP contribution in [0.2, 0.25) is 0 Å². The summed E-state index contributed by atoms with van der Waals surface area (Å²) in [5.74, 6) is 1.57. The Hall–Kier alpha value is -3.03. The number of aliphatic hydroxyl groups is 1. The molecule has 1 heterocycles. The average molecular weight is 454 g/mol. The fourth-order valence-corrected chi connectivity index (χ4v) is 3.96. The molecule has 178 valence electrons. The third-order valence-electron chi connectivity index (χ3n) is 5.64. The summed E-state index contributed by atoms with van der Waals surface area (Å²) in [6.45, 7) is 5.86. The van der Waals surface area contributed by atoms with Gasteiger partial charge >= 0.3 is 0 Å². The fourth-order valence-electron chi connectivity index (χ4n) is 3.96. The van der Waals surface area contributed by atoms with Gasteiger partial charge in [0.1, 0.15) is 24.2 Å². The molecule has 1 atom stereocenters. The van der Waals surface area contributed by atoms with Crippen LogP contribution in [0.25, 0.3) is 5.57 Å². The first kappa shape index (κ1) is 24.6. The van der Waals surface area contributed by atoms with Crippen molar-refractivity contribution in [1.29, 1.82) is 0 Å². The highest BCUT2D eigenvalue weighted by atomic mass is 16.5. The highest BCUT2D eigenvalue weighted by molar-refractivity contribution is 6.19. The number of hydrogen-bond acceptors (Lipinski definition) is 7. The number of hydrogen-bond donors (Lipinski definition) is 1. The molecule has 1 aliphatic heterocycles. The lowest BCUT2D eigenvalue weighted by atomic mass is 10.0. The van der Waals surface area contributed by atoms with Gasteiger partial charge in [-0.15, -0.1) is 0 Å². The lowest BCUT2D eigenvalue weighted by Gasteiger charge is -2.37. The Bertz CT molecular complexity index is 935. The lowest BCUT2D eigenvalue weighted by molar-refractivity contribution is -0.111. The molecule has 7 heteroatoms. The quantitative estimate of drug-likeness (QED) is 0.555. The number of allylic oxidation sites excluding steroid dienone is 1. The molecule has 1 aliphatic rings. The molecule has 3 rings (SSSR count). The second kappa shape index (κ2) is 11.7. The maximum absolute atomic E-state index is 11.9. The van der Waals surface area contributed by atoms with E-state index in [9.17, 15) is 9.90 Å². The van der Waals surface area contributed by atoms with Gasteiger partial charge in [-0.05, 0) is 36.8 Å². The van der Waals surface area contributed by atoms with Crippen molar-refractivity contribution in [3.05, 3.63) is 60.3 Å². The first-order chi connectivity index (χ1) is 15.9. The Balaban J connectivity index is 1.46. The maximum Gasteiger partial charge on any atom is 0.161 e. The number of rotatable bonds is 10. The third kappa shape index (κ3) is 6.97. The minimum Gasteiger partial charge on any atom is -0.495 e. The summed E-state index contributed by atoms with van der Waals surface area (Å²) in [6, 6.07) is 15.5. The topological polar surface area (TPSA) is 65.5 Å². The van der Waals surface area contributed by atoms with Crippen molar-refractivity contribution in [3.8, 4) is 11.5 Å². The number of β-amino-alcohol motifs (C(OH)–C–C–N with tert-alkyl or cyclic N) is 1. The molecule has 1 N–H and O–H groups in total. The molecule has 7 nitrogen and oxygen atoms in total. The minimum absolute atomic E-state index is 0.0126. The molecule has 1 saturated heterocycles. The normalized spacial score (nSPS) is 15.8. The van der Waals surface area contributed by atoms with Crippen LogP contribution < -0.4 is 14.4 Å². The smallest absolute Gasteiger partial charge is 0.161 e. The van der Waals surface area contributed by atoms with Gasteiger partial charge in [0.25, 0.3) is 0 Å². The first-order valence-electron chi connectivity index (χ1n) is 11.3. The van der Waals surface area contributed by atoms with E-state index in [1.54, 1.807) is 14.0 Å².